The van der Waals surface area contributed by atoms with Gasteiger partial charge in [0.2, 0.25) is 5.91 Å². The molecule has 0 heterocycles. The summed E-state index contributed by atoms with van der Waals surface area (Å²) in [5, 5.41) is 3.11. The standard InChI is InChI=1S/C14H12BrClN2O2S/c15-9-2-1-3-11(6-9)18-14(19)8-21(20)13-7-10(16)4-5-12(13)17/h1-7H,8,17H2,(H,18,19). The normalized spacial score (nSPS) is 11.9. The second-order valence-electron chi connectivity index (χ2n) is 4.23. The minimum atomic E-state index is -1.55. The summed E-state index contributed by atoms with van der Waals surface area (Å²) in [7, 11) is -1.55. The number of nitrogen functional groups attached to an aromatic ring is 1. The Kier molecular flexibility index (Phi) is 5.39. The maximum Gasteiger partial charge on any atom is 0.237 e. The maximum absolute atomic E-state index is 12.2. The molecule has 0 fully saturated rings. The van der Waals surface area contributed by atoms with Crippen LogP contribution in [0.15, 0.2) is 51.8 Å². The van der Waals surface area contributed by atoms with Crippen molar-refractivity contribution in [3.05, 3.63) is 52.0 Å². The van der Waals surface area contributed by atoms with E-state index >= 15 is 0 Å². The zero-order valence-corrected chi connectivity index (χ0v) is 14.0. The van der Waals surface area contributed by atoms with Crippen LogP contribution in [0.1, 0.15) is 0 Å². The van der Waals surface area contributed by atoms with Crippen LogP contribution in [0.25, 0.3) is 0 Å². The van der Waals surface area contributed by atoms with Crippen LogP contribution in [-0.4, -0.2) is 15.9 Å². The van der Waals surface area contributed by atoms with E-state index in [1.807, 2.05) is 6.07 Å². The quantitative estimate of drug-likeness (QED) is 0.789. The van der Waals surface area contributed by atoms with E-state index in [-0.39, 0.29) is 11.7 Å². The van der Waals surface area contributed by atoms with Gasteiger partial charge in [-0.05, 0) is 36.4 Å². The van der Waals surface area contributed by atoms with Gasteiger partial charge in [-0.15, -0.1) is 0 Å². The zero-order valence-electron chi connectivity index (χ0n) is 10.8. The Labute approximate surface area is 138 Å². The van der Waals surface area contributed by atoms with Gasteiger partial charge in [-0.1, -0.05) is 33.6 Å². The molecule has 0 aromatic heterocycles. The molecule has 0 aliphatic carbocycles. The van der Waals surface area contributed by atoms with Crippen molar-refractivity contribution in [1.82, 2.24) is 0 Å². The number of hydrogen-bond acceptors (Lipinski definition) is 3. The van der Waals surface area contributed by atoms with Crippen LogP contribution in [0.5, 0.6) is 0 Å². The third kappa shape index (κ3) is 4.56. The second kappa shape index (κ2) is 7.06. The summed E-state index contributed by atoms with van der Waals surface area (Å²) in [5.74, 6) is -0.539. The fourth-order valence-electron chi connectivity index (χ4n) is 1.67. The maximum atomic E-state index is 12.2. The Balaban J connectivity index is 2.05. The van der Waals surface area contributed by atoms with Crippen molar-refractivity contribution in [1.29, 1.82) is 0 Å². The molecule has 21 heavy (non-hydrogen) atoms. The number of rotatable bonds is 4. The highest BCUT2D eigenvalue weighted by Gasteiger charge is 2.13. The van der Waals surface area contributed by atoms with E-state index in [0.29, 0.717) is 21.3 Å². The number of nitrogens with two attached hydrogens (primary N) is 1. The highest BCUT2D eigenvalue weighted by molar-refractivity contribution is 9.10. The summed E-state index contributed by atoms with van der Waals surface area (Å²) >= 11 is 9.16. The molecule has 0 radical (unpaired) electrons. The lowest BCUT2D eigenvalue weighted by molar-refractivity contribution is -0.113. The molecule has 1 atom stereocenters. The molecule has 0 saturated heterocycles. The molecule has 110 valence electrons. The molecule has 2 aromatic rings. The summed E-state index contributed by atoms with van der Waals surface area (Å²) in [5.41, 5.74) is 6.73. The molecule has 0 saturated carbocycles. The Bertz CT molecular complexity index is 709. The van der Waals surface area contributed by atoms with Gasteiger partial charge in [0.25, 0.3) is 0 Å². The van der Waals surface area contributed by atoms with Crippen molar-refractivity contribution in [2.45, 2.75) is 4.90 Å². The Hall–Kier alpha value is -1.37. The van der Waals surface area contributed by atoms with E-state index in [0.717, 1.165) is 4.47 Å². The first-order valence-corrected chi connectivity index (χ1v) is 8.43. The van der Waals surface area contributed by atoms with Gasteiger partial charge >= 0.3 is 0 Å². The van der Waals surface area contributed by atoms with E-state index in [2.05, 4.69) is 21.2 Å². The second-order valence-corrected chi connectivity index (χ2v) is 7.00. The van der Waals surface area contributed by atoms with Crippen molar-refractivity contribution in [2.75, 3.05) is 16.8 Å². The lowest BCUT2D eigenvalue weighted by Crippen LogP contribution is -2.20. The topological polar surface area (TPSA) is 72.2 Å². The summed E-state index contributed by atoms with van der Waals surface area (Å²) in [4.78, 5) is 12.3. The van der Waals surface area contributed by atoms with Gasteiger partial charge in [0.1, 0.15) is 5.75 Å². The first-order valence-electron chi connectivity index (χ1n) is 5.94. The van der Waals surface area contributed by atoms with Crippen LogP contribution in [0.4, 0.5) is 11.4 Å². The van der Waals surface area contributed by atoms with E-state index in [9.17, 15) is 9.00 Å². The molecular formula is C14H12BrClN2O2S. The minimum absolute atomic E-state index is 0.183. The van der Waals surface area contributed by atoms with E-state index in [1.54, 1.807) is 30.3 Å². The summed E-state index contributed by atoms with van der Waals surface area (Å²) in [6, 6.07) is 11.8. The van der Waals surface area contributed by atoms with Crippen LogP contribution in [-0.2, 0) is 15.6 Å². The van der Waals surface area contributed by atoms with Crippen molar-refractivity contribution < 1.29 is 9.00 Å². The Morgan fingerprint density at radius 2 is 2.05 bits per heavy atom. The largest absolute Gasteiger partial charge is 0.398 e. The van der Waals surface area contributed by atoms with Gasteiger partial charge < -0.3 is 11.1 Å². The average molecular weight is 388 g/mol. The minimum Gasteiger partial charge on any atom is -0.398 e. The molecule has 2 aromatic carbocycles. The van der Waals surface area contributed by atoms with Gasteiger partial charge in [0.15, 0.2) is 0 Å². The smallest absolute Gasteiger partial charge is 0.237 e. The molecule has 0 bridgehead atoms. The van der Waals surface area contributed by atoms with Crippen LogP contribution >= 0.6 is 27.5 Å². The lowest BCUT2D eigenvalue weighted by Gasteiger charge is -2.08. The molecule has 7 heteroatoms. The molecule has 4 nitrogen and oxygen atoms in total. The van der Waals surface area contributed by atoms with Crippen LogP contribution < -0.4 is 11.1 Å². The summed E-state index contributed by atoms with van der Waals surface area (Å²) in [6.07, 6.45) is 0. The summed E-state index contributed by atoms with van der Waals surface area (Å²) < 4.78 is 13.0. The predicted octanol–water partition coefficient (Wildman–Crippen LogP) is 3.43. The number of carbonyl (C=O) groups excluding carboxylic acids is 1. The fourth-order valence-corrected chi connectivity index (χ4v) is 3.36. The van der Waals surface area contributed by atoms with E-state index in [4.69, 9.17) is 17.3 Å². The van der Waals surface area contributed by atoms with Gasteiger partial charge in [0.05, 0.1) is 15.7 Å². The third-order valence-corrected chi connectivity index (χ3v) is 4.69. The van der Waals surface area contributed by atoms with Crippen LogP contribution in [0, 0.1) is 0 Å². The highest BCUT2D eigenvalue weighted by atomic mass is 79.9. The van der Waals surface area contributed by atoms with Crippen LogP contribution in [0.3, 0.4) is 0 Å². The lowest BCUT2D eigenvalue weighted by atomic mass is 10.3. The molecule has 0 aliphatic heterocycles. The molecule has 1 unspecified atom stereocenters. The Morgan fingerprint density at radius 3 is 2.76 bits per heavy atom. The average Bonchev–Trinajstić information content (AvgIpc) is 2.41. The monoisotopic (exact) mass is 386 g/mol. The molecule has 2 rings (SSSR count). The van der Waals surface area contributed by atoms with Crippen molar-refractivity contribution >= 4 is 55.6 Å². The third-order valence-electron chi connectivity index (χ3n) is 2.59. The van der Waals surface area contributed by atoms with Crippen molar-refractivity contribution in [2.24, 2.45) is 0 Å². The first kappa shape index (κ1) is 16.0. The molecule has 0 spiro atoms. The zero-order chi connectivity index (χ0) is 15.4. The van der Waals surface area contributed by atoms with Crippen molar-refractivity contribution in [3.63, 3.8) is 0 Å². The molecule has 3 N–H and O–H groups in total. The number of anilines is 2. The number of amides is 1. The summed E-state index contributed by atoms with van der Waals surface area (Å²) in [6.45, 7) is 0. The van der Waals surface area contributed by atoms with Crippen LogP contribution in [0.2, 0.25) is 5.02 Å². The van der Waals surface area contributed by atoms with Gasteiger partial charge in [-0.25, -0.2) is 0 Å². The molecule has 1 amide bonds. The van der Waals surface area contributed by atoms with Gasteiger partial charge in [-0.3, -0.25) is 9.00 Å². The number of carbonyl (C=O) groups is 1. The molecular weight excluding hydrogens is 376 g/mol. The SMILES string of the molecule is Nc1ccc(Cl)cc1S(=O)CC(=O)Nc1cccc(Br)c1. The number of halogens is 2. The number of nitrogens with one attached hydrogen (secondary N) is 1. The van der Waals surface area contributed by atoms with Gasteiger partial charge in [-0.2, -0.15) is 0 Å². The van der Waals surface area contributed by atoms with E-state index < -0.39 is 10.8 Å². The first-order chi connectivity index (χ1) is 9.95. The predicted molar refractivity (Wildman–Crippen MR) is 89.9 cm³/mol. The van der Waals surface area contributed by atoms with Gasteiger partial charge in [0, 0.05) is 20.9 Å². The van der Waals surface area contributed by atoms with Crippen molar-refractivity contribution in [3.8, 4) is 0 Å². The Morgan fingerprint density at radius 1 is 1.29 bits per heavy atom. The fraction of sp³-hybridized carbons (Fsp3) is 0.0714. The number of hydrogen-bond donors (Lipinski definition) is 2. The molecule has 0 aliphatic rings. The van der Waals surface area contributed by atoms with E-state index in [1.165, 1.54) is 6.07 Å². The highest BCUT2D eigenvalue weighted by Crippen LogP contribution is 2.22. The number of benzene rings is 2.